The summed E-state index contributed by atoms with van der Waals surface area (Å²) < 4.78 is 0. The first-order chi connectivity index (χ1) is 12.2. The summed E-state index contributed by atoms with van der Waals surface area (Å²) in [6.45, 7) is 8.68. The van der Waals surface area contributed by atoms with E-state index in [0.717, 1.165) is 23.5 Å². The Morgan fingerprint density at radius 1 is 1.00 bits per heavy atom. The largest absolute Gasteiger partial charge is 0.271 e. The van der Waals surface area contributed by atoms with Crippen molar-refractivity contribution in [1.29, 1.82) is 0 Å². The van der Waals surface area contributed by atoms with Crippen LogP contribution in [0.15, 0.2) is 29.4 Å². The number of carbonyl (C=O) groups is 1. The van der Waals surface area contributed by atoms with Crippen LogP contribution < -0.4 is 5.43 Å². The number of hydrogen-bond acceptors (Lipinski definition) is 2. The zero-order chi connectivity index (χ0) is 18.5. The molecule has 4 fully saturated rings. The molecular weight excluding hydrogens is 320 g/mol. The first-order valence-corrected chi connectivity index (χ1v) is 10.2. The molecule has 4 aliphatic carbocycles. The van der Waals surface area contributed by atoms with Gasteiger partial charge in [-0.1, -0.05) is 32.9 Å². The maximum atomic E-state index is 12.5. The Labute approximate surface area is 157 Å². The maximum Gasteiger partial charge on any atom is 0.271 e. The molecule has 0 heterocycles. The molecule has 1 N–H and O–H groups in total. The topological polar surface area (TPSA) is 41.5 Å². The van der Waals surface area contributed by atoms with Gasteiger partial charge in [0.1, 0.15) is 0 Å². The van der Waals surface area contributed by atoms with Crippen LogP contribution in [-0.2, 0) is 5.41 Å². The third-order valence-corrected chi connectivity index (χ3v) is 7.14. The zero-order valence-electron chi connectivity index (χ0n) is 16.6. The van der Waals surface area contributed by atoms with Crippen molar-refractivity contribution in [3.63, 3.8) is 0 Å². The summed E-state index contributed by atoms with van der Waals surface area (Å²) >= 11 is 0. The minimum absolute atomic E-state index is 0.0995. The van der Waals surface area contributed by atoms with Gasteiger partial charge in [0.2, 0.25) is 0 Å². The molecule has 1 amide bonds. The van der Waals surface area contributed by atoms with Crippen molar-refractivity contribution in [2.75, 3.05) is 0 Å². The number of nitrogens with one attached hydrogen (secondary N) is 1. The molecule has 0 aliphatic heterocycles. The highest BCUT2D eigenvalue weighted by Crippen LogP contribution is 2.60. The van der Waals surface area contributed by atoms with Gasteiger partial charge in [0.05, 0.1) is 0 Å². The first-order valence-electron chi connectivity index (χ1n) is 10.2. The van der Waals surface area contributed by atoms with E-state index in [1.165, 1.54) is 44.1 Å². The lowest BCUT2D eigenvalue weighted by atomic mass is 9.48. The highest BCUT2D eigenvalue weighted by Gasteiger charge is 2.52. The molecule has 0 spiro atoms. The fraction of sp³-hybridized carbons (Fsp3) is 0.652. The Bertz CT molecular complexity index is 688. The molecule has 26 heavy (non-hydrogen) atoms. The van der Waals surface area contributed by atoms with Crippen LogP contribution in [0.3, 0.4) is 0 Å². The van der Waals surface area contributed by atoms with Crippen molar-refractivity contribution in [3.8, 4) is 0 Å². The van der Waals surface area contributed by atoms with Crippen molar-refractivity contribution in [1.82, 2.24) is 5.43 Å². The quantitative estimate of drug-likeness (QED) is 0.581. The molecule has 1 aromatic carbocycles. The Kier molecular flexibility index (Phi) is 4.24. The molecule has 0 atom stereocenters. The fourth-order valence-electron chi connectivity index (χ4n) is 5.99. The lowest BCUT2D eigenvalue weighted by molar-refractivity contribution is -0.0128. The van der Waals surface area contributed by atoms with E-state index in [-0.39, 0.29) is 16.7 Å². The first kappa shape index (κ1) is 17.8. The van der Waals surface area contributed by atoms with Gasteiger partial charge in [-0.05, 0) is 86.3 Å². The van der Waals surface area contributed by atoms with Crippen molar-refractivity contribution >= 4 is 11.6 Å². The highest BCUT2D eigenvalue weighted by atomic mass is 16.2. The Balaban J connectivity index is 1.45. The van der Waals surface area contributed by atoms with Crippen LogP contribution in [-0.4, -0.2) is 11.6 Å². The summed E-state index contributed by atoms with van der Waals surface area (Å²) in [5.74, 6) is 2.58. The third kappa shape index (κ3) is 3.21. The van der Waals surface area contributed by atoms with Gasteiger partial charge in [0.25, 0.3) is 5.91 Å². The minimum Gasteiger partial charge on any atom is -0.267 e. The summed E-state index contributed by atoms with van der Waals surface area (Å²) in [7, 11) is 0. The third-order valence-electron chi connectivity index (χ3n) is 7.14. The predicted octanol–water partition coefficient (Wildman–Crippen LogP) is 5.31. The highest BCUT2D eigenvalue weighted by molar-refractivity contribution is 5.96. The molecule has 4 aliphatic rings. The molecular formula is C23H32N2O. The van der Waals surface area contributed by atoms with Gasteiger partial charge in [-0.2, -0.15) is 5.10 Å². The number of amides is 1. The molecule has 1 aromatic rings. The molecule has 0 radical (unpaired) electrons. The van der Waals surface area contributed by atoms with E-state index < -0.39 is 0 Å². The van der Waals surface area contributed by atoms with Gasteiger partial charge in [-0.15, -0.1) is 0 Å². The predicted molar refractivity (Wildman–Crippen MR) is 106 cm³/mol. The number of carbonyl (C=O) groups excluding carboxylic acids is 1. The van der Waals surface area contributed by atoms with Crippen LogP contribution in [0.1, 0.15) is 82.1 Å². The van der Waals surface area contributed by atoms with Gasteiger partial charge in [-0.3, -0.25) is 4.79 Å². The van der Waals surface area contributed by atoms with Crippen LogP contribution >= 0.6 is 0 Å². The van der Waals surface area contributed by atoms with Gasteiger partial charge >= 0.3 is 0 Å². The molecule has 140 valence electrons. The number of hydrogen-bond donors (Lipinski definition) is 1. The van der Waals surface area contributed by atoms with E-state index in [0.29, 0.717) is 5.56 Å². The van der Waals surface area contributed by atoms with Gasteiger partial charge in [0, 0.05) is 16.7 Å². The number of rotatable bonds is 3. The minimum atomic E-state index is -0.102. The Morgan fingerprint density at radius 2 is 1.50 bits per heavy atom. The van der Waals surface area contributed by atoms with E-state index in [2.05, 4.69) is 38.2 Å². The molecule has 4 saturated carbocycles. The number of nitrogens with zero attached hydrogens (tertiary/aromatic N) is 1. The van der Waals surface area contributed by atoms with Crippen molar-refractivity contribution in [2.45, 2.75) is 71.6 Å². The van der Waals surface area contributed by atoms with Crippen LogP contribution in [0.2, 0.25) is 0 Å². The normalized spacial score (nSPS) is 33.4. The SMILES string of the molecule is CC(=NNC(=O)c1ccc(C(C)(C)C)cc1)C12CC3CC(CC(C3)C1)C2. The van der Waals surface area contributed by atoms with Crippen LogP contribution in [0.4, 0.5) is 0 Å². The molecule has 0 saturated heterocycles. The maximum absolute atomic E-state index is 12.5. The molecule has 3 nitrogen and oxygen atoms in total. The summed E-state index contributed by atoms with van der Waals surface area (Å²) in [5, 5.41) is 4.58. The summed E-state index contributed by atoms with van der Waals surface area (Å²) in [4.78, 5) is 12.5. The number of benzene rings is 1. The van der Waals surface area contributed by atoms with Crippen molar-refractivity contribution in [2.24, 2.45) is 28.3 Å². The molecule has 4 bridgehead atoms. The summed E-state index contributed by atoms with van der Waals surface area (Å²) in [5.41, 5.74) is 6.26. The Hall–Kier alpha value is -1.64. The van der Waals surface area contributed by atoms with Crippen LogP contribution in [0.25, 0.3) is 0 Å². The Morgan fingerprint density at radius 3 is 1.96 bits per heavy atom. The van der Waals surface area contributed by atoms with Crippen LogP contribution in [0.5, 0.6) is 0 Å². The lowest BCUT2D eigenvalue weighted by Crippen LogP contribution is -2.49. The molecule has 0 aromatic heterocycles. The second-order valence-corrected chi connectivity index (χ2v) is 10.2. The molecule has 0 unspecified atom stereocenters. The molecule has 3 heteroatoms. The second-order valence-electron chi connectivity index (χ2n) is 10.2. The van der Waals surface area contributed by atoms with E-state index in [4.69, 9.17) is 0 Å². The fourth-order valence-corrected chi connectivity index (χ4v) is 5.99. The van der Waals surface area contributed by atoms with E-state index in [9.17, 15) is 4.79 Å². The van der Waals surface area contributed by atoms with Crippen molar-refractivity contribution < 1.29 is 4.79 Å². The number of hydrazone groups is 1. The lowest BCUT2D eigenvalue weighted by Gasteiger charge is -2.56. The summed E-state index contributed by atoms with van der Waals surface area (Å²) in [6, 6.07) is 7.91. The summed E-state index contributed by atoms with van der Waals surface area (Å²) in [6.07, 6.45) is 8.14. The smallest absolute Gasteiger partial charge is 0.267 e. The van der Waals surface area contributed by atoms with Gasteiger partial charge in [-0.25, -0.2) is 5.43 Å². The second kappa shape index (κ2) is 6.21. The zero-order valence-corrected chi connectivity index (χ0v) is 16.6. The monoisotopic (exact) mass is 352 g/mol. The van der Waals surface area contributed by atoms with Gasteiger partial charge < -0.3 is 0 Å². The average Bonchev–Trinajstić information content (AvgIpc) is 2.57. The van der Waals surface area contributed by atoms with Crippen molar-refractivity contribution in [3.05, 3.63) is 35.4 Å². The van der Waals surface area contributed by atoms with E-state index >= 15 is 0 Å². The van der Waals surface area contributed by atoms with E-state index in [1.54, 1.807) is 0 Å². The molecule has 5 rings (SSSR count). The standard InChI is InChI=1S/C23H32N2O/c1-15(23-12-16-9-17(13-23)11-18(10-16)14-23)24-25-21(26)19-5-7-20(8-6-19)22(2,3)4/h5-8,16-18H,9-14H2,1-4H3,(H,25,26). The van der Waals surface area contributed by atoms with E-state index in [1.807, 2.05) is 24.3 Å². The van der Waals surface area contributed by atoms with Gasteiger partial charge in [0.15, 0.2) is 0 Å². The average molecular weight is 353 g/mol. The van der Waals surface area contributed by atoms with Crippen LogP contribution in [0, 0.1) is 23.2 Å².